The summed E-state index contributed by atoms with van der Waals surface area (Å²) >= 11 is 12.6. The highest BCUT2D eigenvalue weighted by Gasteiger charge is 2.20. The van der Waals surface area contributed by atoms with E-state index in [1.807, 2.05) is 24.3 Å². The van der Waals surface area contributed by atoms with E-state index >= 15 is 0 Å². The lowest BCUT2D eigenvalue weighted by Gasteiger charge is -2.07. The average Bonchev–Trinajstić information content (AvgIpc) is 2.89. The van der Waals surface area contributed by atoms with E-state index in [4.69, 9.17) is 27.9 Å². The Morgan fingerprint density at radius 1 is 1.23 bits per heavy atom. The van der Waals surface area contributed by atoms with Gasteiger partial charge in [0.2, 0.25) is 0 Å². The Morgan fingerprint density at radius 2 is 1.96 bits per heavy atom. The third-order valence-corrected chi connectivity index (χ3v) is 4.72. The fourth-order valence-electron chi connectivity index (χ4n) is 2.52. The van der Waals surface area contributed by atoms with Crippen LogP contribution in [0.3, 0.4) is 0 Å². The predicted molar refractivity (Wildman–Crippen MR) is 105 cm³/mol. The van der Waals surface area contributed by atoms with E-state index in [1.165, 1.54) is 0 Å². The molecule has 0 atom stereocenters. The van der Waals surface area contributed by atoms with Crippen molar-refractivity contribution in [2.75, 3.05) is 19.8 Å². The quantitative estimate of drug-likeness (QED) is 0.601. The molecule has 1 aromatic heterocycles. The molecule has 1 heterocycles. The number of rotatable bonds is 10. The fourth-order valence-corrected chi connectivity index (χ4v) is 3.03. The molecule has 0 spiro atoms. The molecule has 1 amide bonds. The van der Waals surface area contributed by atoms with Crippen molar-refractivity contribution in [3.63, 3.8) is 0 Å². The van der Waals surface area contributed by atoms with Gasteiger partial charge < -0.3 is 10.1 Å². The molecule has 2 rings (SSSR count). The van der Waals surface area contributed by atoms with Gasteiger partial charge in [0.25, 0.3) is 5.91 Å². The first-order valence-corrected chi connectivity index (χ1v) is 9.62. The Bertz CT molecular complexity index is 732. The van der Waals surface area contributed by atoms with Crippen molar-refractivity contribution in [1.82, 2.24) is 15.1 Å². The van der Waals surface area contributed by atoms with E-state index in [1.54, 1.807) is 11.6 Å². The van der Waals surface area contributed by atoms with Gasteiger partial charge in [-0.3, -0.25) is 4.79 Å². The zero-order valence-corrected chi connectivity index (χ0v) is 16.7. The molecule has 26 heavy (non-hydrogen) atoms. The van der Waals surface area contributed by atoms with E-state index in [0.717, 1.165) is 31.4 Å². The van der Waals surface area contributed by atoms with Gasteiger partial charge in [0.1, 0.15) is 5.15 Å². The van der Waals surface area contributed by atoms with Gasteiger partial charge in [-0.15, -0.1) is 0 Å². The molecule has 0 unspecified atom stereocenters. The Morgan fingerprint density at radius 3 is 2.69 bits per heavy atom. The number of carbonyl (C=O) groups is 1. The summed E-state index contributed by atoms with van der Waals surface area (Å²) in [7, 11) is 0. The van der Waals surface area contributed by atoms with E-state index in [2.05, 4.69) is 17.3 Å². The number of amides is 1. The van der Waals surface area contributed by atoms with Crippen LogP contribution in [0.2, 0.25) is 10.2 Å². The summed E-state index contributed by atoms with van der Waals surface area (Å²) in [5, 5.41) is 8.23. The van der Waals surface area contributed by atoms with E-state index < -0.39 is 0 Å². The van der Waals surface area contributed by atoms with Crippen molar-refractivity contribution in [2.45, 2.75) is 39.7 Å². The van der Waals surface area contributed by atoms with Crippen LogP contribution in [0, 0.1) is 6.92 Å². The van der Waals surface area contributed by atoms with Crippen molar-refractivity contribution in [2.24, 2.45) is 0 Å². The maximum atomic E-state index is 12.4. The Balaban J connectivity index is 1.92. The fraction of sp³-hybridized carbons (Fsp3) is 0.474. The van der Waals surface area contributed by atoms with Gasteiger partial charge in [-0.2, -0.15) is 5.10 Å². The van der Waals surface area contributed by atoms with Crippen LogP contribution in [0.5, 0.6) is 0 Å². The summed E-state index contributed by atoms with van der Waals surface area (Å²) < 4.78 is 7.08. The number of aryl methyl sites for hydroxylation is 1. The summed E-state index contributed by atoms with van der Waals surface area (Å²) in [6.45, 7) is 6.26. The minimum absolute atomic E-state index is 0.216. The standard InChI is InChI=1S/C19H25Cl2N3O2/c1-3-4-11-26-12-7-10-22-19(25)17-14(2)23-24(18(17)21)13-15-8-5-6-9-16(15)20/h5-6,8-9H,3-4,7,10-13H2,1-2H3,(H,22,25). The molecule has 1 N–H and O–H groups in total. The highest BCUT2D eigenvalue weighted by Crippen LogP contribution is 2.23. The Labute approximate surface area is 164 Å². The summed E-state index contributed by atoms with van der Waals surface area (Å²) in [5.74, 6) is -0.216. The Hall–Kier alpha value is -1.56. The van der Waals surface area contributed by atoms with Crippen LogP contribution < -0.4 is 5.32 Å². The van der Waals surface area contributed by atoms with Crippen LogP contribution >= 0.6 is 23.2 Å². The van der Waals surface area contributed by atoms with Crippen LogP contribution in [0.25, 0.3) is 0 Å². The van der Waals surface area contributed by atoms with Crippen molar-refractivity contribution < 1.29 is 9.53 Å². The molecule has 1 aromatic carbocycles. The van der Waals surface area contributed by atoms with Gasteiger partial charge in [-0.05, 0) is 31.4 Å². The van der Waals surface area contributed by atoms with Crippen LogP contribution in [0.15, 0.2) is 24.3 Å². The van der Waals surface area contributed by atoms with Gasteiger partial charge in [-0.1, -0.05) is 54.7 Å². The highest BCUT2D eigenvalue weighted by molar-refractivity contribution is 6.33. The van der Waals surface area contributed by atoms with E-state index in [0.29, 0.717) is 41.1 Å². The molecule has 0 fully saturated rings. The number of unbranched alkanes of at least 4 members (excludes halogenated alkanes) is 1. The predicted octanol–water partition coefficient (Wildman–Crippen LogP) is 4.48. The number of hydrogen-bond donors (Lipinski definition) is 1. The van der Waals surface area contributed by atoms with Crippen LogP contribution in [0.4, 0.5) is 0 Å². The largest absolute Gasteiger partial charge is 0.381 e. The van der Waals surface area contributed by atoms with Gasteiger partial charge in [0, 0.05) is 24.8 Å². The molecule has 2 aromatic rings. The first kappa shape index (κ1) is 20.7. The molecule has 142 valence electrons. The molecule has 0 radical (unpaired) electrons. The van der Waals surface area contributed by atoms with Crippen molar-refractivity contribution in [1.29, 1.82) is 0 Å². The molecular formula is C19H25Cl2N3O2. The third kappa shape index (κ3) is 5.73. The number of hydrogen-bond acceptors (Lipinski definition) is 3. The van der Waals surface area contributed by atoms with Crippen LogP contribution in [-0.2, 0) is 11.3 Å². The molecule has 0 saturated heterocycles. The zero-order valence-electron chi connectivity index (χ0n) is 15.2. The van der Waals surface area contributed by atoms with Crippen molar-refractivity contribution in [3.8, 4) is 0 Å². The number of nitrogens with one attached hydrogen (secondary N) is 1. The van der Waals surface area contributed by atoms with Crippen LogP contribution in [-0.4, -0.2) is 35.4 Å². The van der Waals surface area contributed by atoms with Gasteiger partial charge in [0.05, 0.1) is 17.8 Å². The molecular weight excluding hydrogens is 373 g/mol. The molecule has 0 aliphatic heterocycles. The van der Waals surface area contributed by atoms with Crippen molar-refractivity contribution >= 4 is 29.1 Å². The summed E-state index contributed by atoms with van der Waals surface area (Å²) in [5.41, 5.74) is 1.90. The smallest absolute Gasteiger partial charge is 0.256 e. The lowest BCUT2D eigenvalue weighted by molar-refractivity contribution is 0.0940. The normalized spacial score (nSPS) is 10.9. The van der Waals surface area contributed by atoms with E-state index in [9.17, 15) is 4.79 Å². The van der Waals surface area contributed by atoms with E-state index in [-0.39, 0.29) is 5.91 Å². The van der Waals surface area contributed by atoms with Gasteiger partial charge in [0.15, 0.2) is 0 Å². The number of benzene rings is 1. The topological polar surface area (TPSA) is 56.1 Å². The lowest BCUT2D eigenvalue weighted by atomic mass is 10.2. The second-order valence-electron chi connectivity index (χ2n) is 6.08. The summed E-state index contributed by atoms with van der Waals surface area (Å²) in [6, 6.07) is 7.50. The molecule has 5 nitrogen and oxygen atoms in total. The zero-order chi connectivity index (χ0) is 18.9. The number of nitrogens with zero attached hydrogens (tertiary/aromatic N) is 2. The molecule has 0 aliphatic carbocycles. The maximum Gasteiger partial charge on any atom is 0.256 e. The molecule has 0 bridgehead atoms. The second-order valence-corrected chi connectivity index (χ2v) is 6.84. The number of ether oxygens (including phenoxy) is 1. The van der Waals surface area contributed by atoms with Gasteiger partial charge in [-0.25, -0.2) is 4.68 Å². The highest BCUT2D eigenvalue weighted by atomic mass is 35.5. The molecule has 0 saturated carbocycles. The monoisotopic (exact) mass is 397 g/mol. The number of carbonyl (C=O) groups excluding carboxylic acids is 1. The average molecular weight is 398 g/mol. The van der Waals surface area contributed by atoms with Crippen molar-refractivity contribution in [3.05, 3.63) is 51.3 Å². The van der Waals surface area contributed by atoms with Gasteiger partial charge >= 0.3 is 0 Å². The lowest BCUT2D eigenvalue weighted by Crippen LogP contribution is -2.26. The molecule has 0 aliphatic rings. The number of halogens is 2. The maximum absolute atomic E-state index is 12.4. The second kappa shape index (κ2) is 10.6. The third-order valence-electron chi connectivity index (χ3n) is 3.96. The SMILES string of the molecule is CCCCOCCCNC(=O)c1c(C)nn(Cc2ccccc2Cl)c1Cl. The summed E-state index contributed by atoms with van der Waals surface area (Å²) in [6.07, 6.45) is 2.94. The molecule has 7 heteroatoms. The first-order chi connectivity index (χ1) is 12.5. The summed E-state index contributed by atoms with van der Waals surface area (Å²) in [4.78, 5) is 12.4. The minimum Gasteiger partial charge on any atom is -0.381 e. The van der Waals surface area contributed by atoms with Crippen LogP contribution in [0.1, 0.15) is 47.8 Å². The minimum atomic E-state index is -0.216. The Kier molecular flexibility index (Phi) is 8.42. The first-order valence-electron chi connectivity index (χ1n) is 8.86. The number of aromatic nitrogens is 2.